The van der Waals surface area contributed by atoms with Gasteiger partial charge in [-0.1, -0.05) is 35.9 Å². The van der Waals surface area contributed by atoms with Crippen LogP contribution in [0.25, 0.3) is 11.8 Å². The van der Waals surface area contributed by atoms with Gasteiger partial charge >= 0.3 is 6.03 Å². The van der Waals surface area contributed by atoms with Crippen LogP contribution in [0, 0.1) is 20.8 Å². The van der Waals surface area contributed by atoms with Crippen molar-refractivity contribution < 1.29 is 19.1 Å². The maximum atomic E-state index is 13.8. The van der Waals surface area contributed by atoms with Gasteiger partial charge in [0.25, 0.3) is 11.8 Å². The van der Waals surface area contributed by atoms with E-state index in [2.05, 4.69) is 4.57 Å². The van der Waals surface area contributed by atoms with Crippen molar-refractivity contribution in [2.45, 2.75) is 27.7 Å². The van der Waals surface area contributed by atoms with Gasteiger partial charge < -0.3 is 9.30 Å². The van der Waals surface area contributed by atoms with Gasteiger partial charge in [-0.15, -0.1) is 0 Å². The van der Waals surface area contributed by atoms with Crippen LogP contribution < -0.4 is 14.5 Å². The lowest BCUT2D eigenvalue weighted by Crippen LogP contribution is -2.57. The summed E-state index contributed by atoms with van der Waals surface area (Å²) in [6, 6.07) is 24.7. The molecule has 0 unspecified atom stereocenters. The molecule has 4 amide bonds. The molecule has 3 aromatic carbocycles. The van der Waals surface area contributed by atoms with Gasteiger partial charge in [0.15, 0.2) is 0 Å². The van der Waals surface area contributed by atoms with Crippen molar-refractivity contribution in [2.24, 2.45) is 0 Å². The van der Waals surface area contributed by atoms with Gasteiger partial charge in [-0.3, -0.25) is 9.59 Å². The number of urea groups is 1. The number of amides is 4. The number of hydrogen-bond donors (Lipinski definition) is 0. The minimum Gasteiger partial charge on any atom is -0.494 e. The summed E-state index contributed by atoms with van der Waals surface area (Å²) in [7, 11) is 0. The average Bonchev–Trinajstić information content (AvgIpc) is 3.21. The molecular weight excluding hydrogens is 490 g/mol. The molecule has 0 saturated carbocycles. The van der Waals surface area contributed by atoms with E-state index in [0.717, 1.165) is 38.2 Å². The second-order valence-corrected chi connectivity index (χ2v) is 9.38. The second kappa shape index (κ2) is 10.5. The molecule has 0 radical (unpaired) electrons. The Kier molecular flexibility index (Phi) is 6.90. The van der Waals surface area contributed by atoms with Gasteiger partial charge in [-0.05, 0) is 93.9 Å². The van der Waals surface area contributed by atoms with E-state index < -0.39 is 17.8 Å². The van der Waals surface area contributed by atoms with Crippen molar-refractivity contribution in [2.75, 3.05) is 16.4 Å². The van der Waals surface area contributed by atoms with E-state index in [1.807, 2.05) is 70.2 Å². The Bertz CT molecular complexity index is 1580. The molecule has 5 rings (SSSR count). The number of aryl methyl sites for hydroxylation is 2. The maximum absolute atomic E-state index is 13.8. The van der Waals surface area contributed by atoms with Crippen molar-refractivity contribution in [1.29, 1.82) is 0 Å². The van der Waals surface area contributed by atoms with Crippen LogP contribution in [0.3, 0.4) is 0 Å². The molecule has 0 bridgehead atoms. The van der Waals surface area contributed by atoms with Crippen molar-refractivity contribution in [3.05, 3.63) is 113 Å². The number of carbonyl (C=O) groups excluding carboxylic acids is 3. The van der Waals surface area contributed by atoms with Crippen molar-refractivity contribution in [1.82, 2.24) is 4.57 Å². The van der Waals surface area contributed by atoms with Crippen molar-refractivity contribution in [3.8, 4) is 11.4 Å². The largest absolute Gasteiger partial charge is 0.494 e. The lowest BCUT2D eigenvalue weighted by atomic mass is 10.0. The predicted octanol–water partition coefficient (Wildman–Crippen LogP) is 6.38. The molecule has 7 nitrogen and oxygen atoms in total. The third kappa shape index (κ3) is 4.75. The van der Waals surface area contributed by atoms with E-state index in [9.17, 15) is 14.4 Å². The Labute approximate surface area is 227 Å². The molecule has 4 aromatic rings. The summed E-state index contributed by atoms with van der Waals surface area (Å²) in [5.41, 5.74) is 5.12. The number of hydrogen-bond acceptors (Lipinski definition) is 4. The fourth-order valence-corrected chi connectivity index (χ4v) is 4.80. The van der Waals surface area contributed by atoms with Crippen LogP contribution in [-0.4, -0.2) is 29.0 Å². The SMILES string of the molecule is CCOc1ccc(-n2c(C)cc(/C=C3\C(=O)N(c4ccccc4)C(=O)N(c4ccc(C)cc4)C3=O)c2C)cc1. The number of para-hydroxylation sites is 1. The first-order valence-corrected chi connectivity index (χ1v) is 12.8. The molecule has 1 aliphatic rings. The standard InChI is InChI=1S/C32H29N3O4/c1-5-39-28-17-15-26(16-18-28)33-22(3)19-24(23(33)4)20-29-30(36)34(25-9-7-6-8-10-25)32(38)35(31(29)37)27-13-11-21(2)12-14-27/h6-20H,5H2,1-4H3/b29-20+. The number of barbiturate groups is 1. The molecule has 7 heteroatoms. The summed E-state index contributed by atoms with van der Waals surface area (Å²) in [4.78, 5) is 43.2. The highest BCUT2D eigenvalue weighted by atomic mass is 16.5. The molecule has 0 spiro atoms. The van der Waals surface area contributed by atoms with E-state index >= 15 is 0 Å². The first-order chi connectivity index (χ1) is 18.8. The first-order valence-electron chi connectivity index (χ1n) is 12.8. The van der Waals surface area contributed by atoms with Gasteiger partial charge in [0.1, 0.15) is 11.3 Å². The minimum absolute atomic E-state index is 0.0917. The molecule has 0 atom stereocenters. The normalized spacial score (nSPS) is 14.9. The van der Waals surface area contributed by atoms with Crippen LogP contribution in [0.4, 0.5) is 16.2 Å². The number of carbonyl (C=O) groups is 3. The fourth-order valence-electron chi connectivity index (χ4n) is 4.80. The zero-order valence-corrected chi connectivity index (χ0v) is 22.3. The van der Waals surface area contributed by atoms with E-state index in [1.165, 1.54) is 0 Å². The van der Waals surface area contributed by atoms with Crippen molar-refractivity contribution >= 4 is 35.3 Å². The molecule has 196 valence electrons. The van der Waals surface area contributed by atoms with Crippen LogP contribution >= 0.6 is 0 Å². The van der Waals surface area contributed by atoms with Crippen LogP contribution in [0.1, 0.15) is 29.4 Å². The fraction of sp³-hybridized carbons (Fsp3) is 0.156. The van der Waals surface area contributed by atoms with Gasteiger partial charge in [0, 0.05) is 17.1 Å². The second-order valence-electron chi connectivity index (χ2n) is 9.38. The van der Waals surface area contributed by atoms with Gasteiger partial charge in [0.2, 0.25) is 0 Å². The lowest BCUT2D eigenvalue weighted by molar-refractivity contribution is -0.121. The molecule has 1 aliphatic heterocycles. The molecule has 0 aliphatic carbocycles. The van der Waals surface area contributed by atoms with Gasteiger partial charge in [-0.25, -0.2) is 14.6 Å². The zero-order valence-electron chi connectivity index (χ0n) is 22.3. The Balaban J connectivity index is 1.61. The number of aromatic nitrogens is 1. The smallest absolute Gasteiger partial charge is 0.343 e. The van der Waals surface area contributed by atoms with Crippen molar-refractivity contribution in [3.63, 3.8) is 0 Å². The predicted molar refractivity (Wildman–Crippen MR) is 152 cm³/mol. The molecule has 39 heavy (non-hydrogen) atoms. The van der Waals surface area contributed by atoms with Crippen LogP contribution in [0.5, 0.6) is 5.75 Å². The summed E-state index contributed by atoms with van der Waals surface area (Å²) < 4.78 is 7.62. The molecule has 1 fully saturated rings. The molecule has 1 saturated heterocycles. The molecular formula is C32H29N3O4. The third-order valence-electron chi connectivity index (χ3n) is 6.73. The topological polar surface area (TPSA) is 71.8 Å². The van der Waals surface area contributed by atoms with E-state index in [0.29, 0.717) is 23.5 Å². The number of benzene rings is 3. The summed E-state index contributed by atoms with van der Waals surface area (Å²) in [6.07, 6.45) is 1.58. The van der Waals surface area contributed by atoms with E-state index in [1.54, 1.807) is 48.5 Å². The summed E-state index contributed by atoms with van der Waals surface area (Å²) in [6.45, 7) is 8.35. The number of nitrogens with zero attached hydrogens (tertiary/aromatic N) is 3. The average molecular weight is 520 g/mol. The molecule has 2 heterocycles. The van der Waals surface area contributed by atoms with Crippen LogP contribution in [0.15, 0.2) is 90.5 Å². The number of imide groups is 2. The summed E-state index contributed by atoms with van der Waals surface area (Å²) in [5, 5.41) is 0. The Morgan fingerprint density at radius 2 is 1.28 bits per heavy atom. The number of rotatable bonds is 6. The van der Waals surface area contributed by atoms with Crippen LogP contribution in [0.2, 0.25) is 0 Å². The highest BCUT2D eigenvalue weighted by molar-refractivity contribution is 6.46. The molecule has 1 aromatic heterocycles. The summed E-state index contributed by atoms with van der Waals surface area (Å²) in [5.74, 6) is -0.538. The lowest BCUT2D eigenvalue weighted by Gasteiger charge is -2.34. The Hall–Kier alpha value is -4.91. The molecule has 0 N–H and O–H groups in total. The summed E-state index contributed by atoms with van der Waals surface area (Å²) >= 11 is 0. The monoisotopic (exact) mass is 519 g/mol. The van der Waals surface area contributed by atoms with E-state index in [4.69, 9.17) is 4.74 Å². The Morgan fingerprint density at radius 3 is 1.87 bits per heavy atom. The first kappa shape index (κ1) is 25.7. The zero-order chi connectivity index (χ0) is 27.7. The Morgan fingerprint density at radius 1 is 0.718 bits per heavy atom. The van der Waals surface area contributed by atoms with Gasteiger partial charge in [-0.2, -0.15) is 0 Å². The quantitative estimate of drug-likeness (QED) is 0.219. The minimum atomic E-state index is -0.711. The van der Waals surface area contributed by atoms with Crippen LogP contribution in [-0.2, 0) is 9.59 Å². The van der Waals surface area contributed by atoms with Gasteiger partial charge in [0.05, 0.1) is 18.0 Å². The van der Waals surface area contributed by atoms with E-state index in [-0.39, 0.29) is 5.57 Å². The third-order valence-corrected chi connectivity index (χ3v) is 6.73. The number of ether oxygens (including phenoxy) is 1. The highest BCUT2D eigenvalue weighted by Gasteiger charge is 2.43. The maximum Gasteiger partial charge on any atom is 0.343 e. The number of anilines is 2. The highest BCUT2D eigenvalue weighted by Crippen LogP contribution is 2.31.